The Morgan fingerprint density at radius 1 is 1.09 bits per heavy atom. The van der Waals surface area contributed by atoms with Crippen LogP contribution in [0, 0.1) is 5.82 Å². The van der Waals surface area contributed by atoms with Gasteiger partial charge in [0.25, 0.3) is 0 Å². The van der Waals surface area contributed by atoms with Crippen LogP contribution in [0.2, 0.25) is 0 Å². The van der Waals surface area contributed by atoms with E-state index in [1.165, 1.54) is 0 Å². The predicted octanol–water partition coefficient (Wildman–Crippen LogP) is 2.61. The quantitative estimate of drug-likeness (QED) is 0.517. The molecule has 0 unspecified atom stereocenters. The third kappa shape index (κ3) is 3.15. The van der Waals surface area contributed by atoms with Crippen molar-refractivity contribution < 1.29 is 31.6 Å². The third-order valence-corrected chi connectivity index (χ3v) is 3.82. The summed E-state index contributed by atoms with van der Waals surface area (Å²) in [4.78, 5) is 0. The van der Waals surface area contributed by atoms with Crippen LogP contribution >= 0.6 is 0 Å². The van der Waals surface area contributed by atoms with Crippen molar-refractivity contribution in [3.8, 4) is 5.75 Å². The highest BCUT2D eigenvalue weighted by Crippen LogP contribution is 2.38. The van der Waals surface area contributed by atoms with Gasteiger partial charge in [0.2, 0.25) is 0 Å². The second-order valence-electron chi connectivity index (χ2n) is 6.06. The van der Waals surface area contributed by atoms with Crippen LogP contribution in [-0.2, 0) is 9.31 Å². The molecule has 122 valence electrons. The summed E-state index contributed by atoms with van der Waals surface area (Å²) in [6, 6.07) is 1.89. The molecular weight excluding hydrogens is 305 g/mol. The highest BCUT2D eigenvalue weighted by Gasteiger charge is 2.53. The van der Waals surface area contributed by atoms with Gasteiger partial charge in [-0.15, -0.1) is 13.2 Å². The third-order valence-electron chi connectivity index (χ3n) is 3.82. The second-order valence-corrected chi connectivity index (χ2v) is 6.06. The first-order chi connectivity index (χ1) is 9.82. The van der Waals surface area contributed by atoms with E-state index in [9.17, 15) is 17.6 Å². The van der Waals surface area contributed by atoms with Gasteiger partial charge in [0.05, 0.1) is 11.2 Å². The molecule has 22 heavy (non-hydrogen) atoms. The van der Waals surface area contributed by atoms with E-state index in [0.717, 1.165) is 12.1 Å². The lowest BCUT2D eigenvalue weighted by Gasteiger charge is -2.32. The SMILES string of the molecule is CC1(C)OB(c2cc(N)cc(F)c2OC(F)(F)F)OC1(C)C. The van der Waals surface area contributed by atoms with Crippen molar-refractivity contribution in [2.45, 2.75) is 45.3 Å². The molecule has 0 atom stereocenters. The molecule has 0 amide bonds. The van der Waals surface area contributed by atoms with Gasteiger partial charge in [0, 0.05) is 17.2 Å². The summed E-state index contributed by atoms with van der Waals surface area (Å²) < 4.78 is 66.4. The zero-order chi connectivity index (χ0) is 16.9. The minimum absolute atomic E-state index is 0.0586. The Labute approximate surface area is 125 Å². The number of hydrogen-bond acceptors (Lipinski definition) is 4. The molecule has 1 aromatic carbocycles. The molecule has 1 aliphatic rings. The molecule has 0 aliphatic carbocycles. The lowest BCUT2D eigenvalue weighted by Crippen LogP contribution is -2.41. The van der Waals surface area contributed by atoms with E-state index in [2.05, 4.69) is 4.74 Å². The Morgan fingerprint density at radius 3 is 2.05 bits per heavy atom. The van der Waals surface area contributed by atoms with Gasteiger partial charge in [-0.1, -0.05) is 0 Å². The minimum Gasteiger partial charge on any atom is -0.403 e. The zero-order valence-electron chi connectivity index (χ0n) is 12.5. The molecule has 1 saturated heterocycles. The summed E-state index contributed by atoms with van der Waals surface area (Å²) in [5.74, 6) is -2.23. The maximum atomic E-state index is 13.9. The highest BCUT2D eigenvalue weighted by molar-refractivity contribution is 6.63. The molecule has 4 nitrogen and oxygen atoms in total. The molecular formula is C13H16BF4NO3. The molecule has 0 saturated carbocycles. The van der Waals surface area contributed by atoms with Crippen molar-refractivity contribution in [3.63, 3.8) is 0 Å². The van der Waals surface area contributed by atoms with Gasteiger partial charge in [-0.2, -0.15) is 0 Å². The average Bonchev–Trinajstić information content (AvgIpc) is 2.50. The Morgan fingerprint density at radius 2 is 1.59 bits per heavy atom. The molecule has 0 spiro atoms. The molecule has 0 bridgehead atoms. The first-order valence-electron chi connectivity index (χ1n) is 6.53. The minimum atomic E-state index is -5.05. The van der Waals surface area contributed by atoms with Crippen molar-refractivity contribution in [2.75, 3.05) is 5.73 Å². The van der Waals surface area contributed by atoms with Crippen LogP contribution in [0.15, 0.2) is 12.1 Å². The normalized spacial score (nSPS) is 20.3. The first-order valence-corrected chi connectivity index (χ1v) is 6.53. The Hall–Kier alpha value is -1.48. The van der Waals surface area contributed by atoms with Crippen LogP contribution in [0.1, 0.15) is 27.7 Å². The highest BCUT2D eigenvalue weighted by atomic mass is 19.4. The van der Waals surface area contributed by atoms with Gasteiger partial charge in [0.15, 0.2) is 11.6 Å². The summed E-state index contributed by atoms with van der Waals surface area (Å²) in [7, 11) is -1.22. The van der Waals surface area contributed by atoms with Gasteiger partial charge in [-0.05, 0) is 33.8 Å². The first kappa shape index (κ1) is 16.9. The van der Waals surface area contributed by atoms with E-state index in [-0.39, 0.29) is 11.2 Å². The molecule has 2 rings (SSSR count). The van der Waals surface area contributed by atoms with Crippen LogP contribution in [0.3, 0.4) is 0 Å². The van der Waals surface area contributed by atoms with Gasteiger partial charge in [-0.25, -0.2) is 4.39 Å². The number of benzene rings is 1. The van der Waals surface area contributed by atoms with Gasteiger partial charge in [-0.3, -0.25) is 0 Å². The summed E-state index contributed by atoms with van der Waals surface area (Å²) in [6.07, 6.45) is -5.05. The van der Waals surface area contributed by atoms with Crippen molar-refractivity contribution in [1.29, 1.82) is 0 Å². The second kappa shape index (κ2) is 5.02. The Bertz CT molecular complexity index is 573. The molecule has 2 N–H and O–H groups in total. The summed E-state index contributed by atoms with van der Waals surface area (Å²) >= 11 is 0. The smallest absolute Gasteiger partial charge is 0.403 e. The van der Waals surface area contributed by atoms with Crippen LogP contribution in [0.25, 0.3) is 0 Å². The maximum absolute atomic E-state index is 13.9. The molecule has 1 aromatic rings. The lowest BCUT2D eigenvalue weighted by molar-refractivity contribution is -0.275. The van der Waals surface area contributed by atoms with Gasteiger partial charge in [0.1, 0.15) is 0 Å². The average molecular weight is 321 g/mol. The van der Waals surface area contributed by atoms with E-state index in [1.807, 2.05) is 0 Å². The van der Waals surface area contributed by atoms with Gasteiger partial charge < -0.3 is 19.8 Å². The number of alkyl halides is 3. The van der Waals surface area contributed by atoms with Crippen LogP contribution < -0.4 is 15.9 Å². The van der Waals surface area contributed by atoms with E-state index in [4.69, 9.17) is 15.0 Å². The summed E-state index contributed by atoms with van der Waals surface area (Å²) in [5.41, 5.74) is 3.61. The fourth-order valence-corrected chi connectivity index (χ4v) is 2.01. The van der Waals surface area contributed by atoms with Crippen LogP contribution in [0.5, 0.6) is 5.75 Å². The number of anilines is 1. The molecule has 0 aromatic heterocycles. The fourth-order valence-electron chi connectivity index (χ4n) is 2.01. The fraction of sp³-hybridized carbons (Fsp3) is 0.538. The summed E-state index contributed by atoms with van der Waals surface area (Å²) in [6.45, 7) is 6.89. The van der Waals surface area contributed by atoms with Crippen molar-refractivity contribution in [2.24, 2.45) is 0 Å². The van der Waals surface area contributed by atoms with Crippen molar-refractivity contribution >= 4 is 18.3 Å². The van der Waals surface area contributed by atoms with Crippen molar-refractivity contribution in [1.82, 2.24) is 0 Å². The van der Waals surface area contributed by atoms with Crippen LogP contribution in [0.4, 0.5) is 23.2 Å². The molecule has 1 heterocycles. The number of rotatable bonds is 2. The lowest BCUT2D eigenvalue weighted by atomic mass is 9.78. The van der Waals surface area contributed by atoms with E-state index < -0.39 is 36.2 Å². The van der Waals surface area contributed by atoms with E-state index in [1.54, 1.807) is 27.7 Å². The molecule has 1 fully saturated rings. The number of halogens is 4. The standard InChI is InChI=1S/C13H16BF4NO3/c1-11(2)12(3,4)22-14(21-11)8-5-7(19)6-9(15)10(8)20-13(16,17)18/h5-6H,19H2,1-4H3. The number of hydrogen-bond donors (Lipinski definition) is 1. The number of ether oxygens (including phenoxy) is 1. The Kier molecular flexibility index (Phi) is 3.86. The predicted molar refractivity (Wildman–Crippen MR) is 73.2 cm³/mol. The topological polar surface area (TPSA) is 53.7 Å². The van der Waals surface area contributed by atoms with Crippen LogP contribution in [-0.4, -0.2) is 24.7 Å². The molecule has 1 aliphatic heterocycles. The number of nitrogens with two attached hydrogens (primary N) is 1. The zero-order valence-corrected chi connectivity index (χ0v) is 12.5. The van der Waals surface area contributed by atoms with Crippen molar-refractivity contribution in [3.05, 3.63) is 17.9 Å². The van der Waals surface area contributed by atoms with Gasteiger partial charge >= 0.3 is 13.5 Å². The Balaban J connectivity index is 2.47. The summed E-state index contributed by atoms with van der Waals surface area (Å²) in [5, 5.41) is 0. The maximum Gasteiger partial charge on any atom is 0.573 e. The molecule has 9 heteroatoms. The van der Waals surface area contributed by atoms with E-state index in [0.29, 0.717) is 0 Å². The van der Waals surface area contributed by atoms with E-state index >= 15 is 0 Å². The molecule has 0 radical (unpaired) electrons. The monoisotopic (exact) mass is 321 g/mol. The number of nitrogen functional groups attached to an aromatic ring is 1. The largest absolute Gasteiger partial charge is 0.573 e.